The second kappa shape index (κ2) is 8.05. The van der Waals surface area contributed by atoms with Gasteiger partial charge in [-0.2, -0.15) is 0 Å². The van der Waals surface area contributed by atoms with Crippen molar-refractivity contribution in [3.05, 3.63) is 11.9 Å². The molecule has 0 aromatic rings. The summed E-state index contributed by atoms with van der Waals surface area (Å²) in [4.78, 5) is 0. The van der Waals surface area contributed by atoms with Crippen LogP contribution < -0.4 is 0 Å². The zero-order valence-corrected chi connectivity index (χ0v) is 10.6. The summed E-state index contributed by atoms with van der Waals surface area (Å²) < 4.78 is 21.9. The first-order valence-corrected chi connectivity index (χ1v) is 6.95. The van der Waals surface area contributed by atoms with Crippen molar-refractivity contribution in [2.75, 3.05) is 13.2 Å². The van der Waals surface area contributed by atoms with Gasteiger partial charge in [-0.3, -0.25) is 4.57 Å². The fourth-order valence-corrected chi connectivity index (χ4v) is 2.46. The zero-order valence-electron chi connectivity index (χ0n) is 9.68. The van der Waals surface area contributed by atoms with Gasteiger partial charge in [0, 0.05) is 5.82 Å². The third kappa shape index (κ3) is 6.85. The van der Waals surface area contributed by atoms with Crippen LogP contribution in [0.3, 0.4) is 0 Å². The molecule has 0 saturated carbocycles. The molecule has 0 saturated heterocycles. The van der Waals surface area contributed by atoms with E-state index in [0.717, 1.165) is 6.42 Å². The van der Waals surface area contributed by atoms with E-state index < -0.39 is 13.7 Å². The van der Waals surface area contributed by atoms with Crippen LogP contribution in [-0.4, -0.2) is 24.4 Å². The minimum Gasteiger partial charge on any atom is -0.389 e. The summed E-state index contributed by atoms with van der Waals surface area (Å²) in [6.45, 7) is 6.13. The largest absolute Gasteiger partial charge is 0.389 e. The van der Waals surface area contributed by atoms with Crippen molar-refractivity contribution in [3.63, 3.8) is 0 Å². The molecule has 0 aliphatic rings. The lowest BCUT2D eigenvalue weighted by Gasteiger charge is -2.13. The van der Waals surface area contributed by atoms with Crippen molar-refractivity contribution in [2.45, 2.75) is 39.7 Å². The SMILES string of the molecule is CCCC(O)/C=C/P(=O)(OCC)OCC. The summed E-state index contributed by atoms with van der Waals surface area (Å²) >= 11 is 0. The topological polar surface area (TPSA) is 55.8 Å². The smallest absolute Gasteiger partial charge is 0.353 e. The lowest BCUT2D eigenvalue weighted by atomic mass is 10.2. The molecule has 15 heavy (non-hydrogen) atoms. The van der Waals surface area contributed by atoms with Gasteiger partial charge in [-0.05, 0) is 26.3 Å². The normalized spacial score (nSPS) is 14.7. The van der Waals surface area contributed by atoms with E-state index in [1.807, 2.05) is 6.92 Å². The fraction of sp³-hybridized carbons (Fsp3) is 0.800. The molecule has 0 aromatic carbocycles. The molecule has 4 nitrogen and oxygen atoms in total. The van der Waals surface area contributed by atoms with Gasteiger partial charge in [0.15, 0.2) is 0 Å². The molecule has 0 amide bonds. The highest BCUT2D eigenvalue weighted by Crippen LogP contribution is 2.49. The van der Waals surface area contributed by atoms with Crippen molar-refractivity contribution in [3.8, 4) is 0 Å². The maximum absolute atomic E-state index is 11.9. The van der Waals surface area contributed by atoms with Crippen molar-refractivity contribution >= 4 is 7.60 Å². The molecule has 1 atom stereocenters. The maximum Gasteiger partial charge on any atom is 0.353 e. The predicted molar refractivity (Wildman–Crippen MR) is 60.9 cm³/mol. The van der Waals surface area contributed by atoms with Crippen LogP contribution in [0.15, 0.2) is 11.9 Å². The maximum atomic E-state index is 11.9. The third-order valence-corrected chi connectivity index (χ3v) is 3.47. The van der Waals surface area contributed by atoms with Crippen LogP contribution in [0, 0.1) is 0 Å². The van der Waals surface area contributed by atoms with E-state index >= 15 is 0 Å². The Kier molecular flexibility index (Phi) is 7.97. The minimum atomic E-state index is -3.14. The summed E-state index contributed by atoms with van der Waals surface area (Å²) in [5.74, 6) is 1.35. The molecule has 0 fully saturated rings. The lowest BCUT2D eigenvalue weighted by molar-refractivity contribution is 0.209. The van der Waals surface area contributed by atoms with Gasteiger partial charge < -0.3 is 14.2 Å². The Labute approximate surface area is 91.8 Å². The average molecular weight is 236 g/mol. The molecule has 0 aliphatic carbocycles. The van der Waals surface area contributed by atoms with Crippen LogP contribution in [0.5, 0.6) is 0 Å². The Morgan fingerprint density at radius 2 is 1.80 bits per heavy atom. The van der Waals surface area contributed by atoms with E-state index in [4.69, 9.17) is 9.05 Å². The quantitative estimate of drug-likeness (QED) is 0.658. The Morgan fingerprint density at radius 1 is 1.27 bits per heavy atom. The van der Waals surface area contributed by atoms with Gasteiger partial charge in [0.25, 0.3) is 0 Å². The van der Waals surface area contributed by atoms with E-state index in [9.17, 15) is 9.67 Å². The summed E-state index contributed by atoms with van der Waals surface area (Å²) in [5.41, 5.74) is 0. The van der Waals surface area contributed by atoms with E-state index in [1.54, 1.807) is 13.8 Å². The fourth-order valence-electron chi connectivity index (χ4n) is 1.08. The highest BCUT2D eigenvalue weighted by molar-refractivity contribution is 7.57. The van der Waals surface area contributed by atoms with Gasteiger partial charge in [-0.1, -0.05) is 13.3 Å². The molecule has 5 heteroatoms. The van der Waals surface area contributed by atoms with Crippen molar-refractivity contribution < 1.29 is 18.7 Å². The second-order valence-electron chi connectivity index (χ2n) is 3.07. The van der Waals surface area contributed by atoms with E-state index in [0.29, 0.717) is 19.6 Å². The molecule has 0 aromatic heterocycles. The van der Waals surface area contributed by atoms with Crippen LogP contribution in [0.25, 0.3) is 0 Å². The molecule has 0 bridgehead atoms. The summed E-state index contributed by atoms with van der Waals surface area (Å²) in [7, 11) is -3.14. The number of aliphatic hydroxyl groups excluding tert-OH is 1. The molecule has 1 N–H and O–H groups in total. The molecular weight excluding hydrogens is 215 g/mol. The molecule has 0 aliphatic heterocycles. The summed E-state index contributed by atoms with van der Waals surface area (Å²) in [5, 5.41) is 9.43. The van der Waals surface area contributed by atoms with Crippen LogP contribution in [-0.2, 0) is 13.6 Å². The molecule has 0 rings (SSSR count). The van der Waals surface area contributed by atoms with E-state index in [-0.39, 0.29) is 0 Å². The van der Waals surface area contributed by atoms with E-state index in [1.165, 1.54) is 11.9 Å². The summed E-state index contributed by atoms with van der Waals surface area (Å²) in [6, 6.07) is 0. The Hall–Kier alpha value is -0.150. The Bertz CT molecular complexity index is 217. The lowest BCUT2D eigenvalue weighted by Crippen LogP contribution is -2.01. The molecule has 0 radical (unpaired) electrons. The van der Waals surface area contributed by atoms with Gasteiger partial charge >= 0.3 is 7.60 Å². The molecule has 1 unspecified atom stereocenters. The molecule has 90 valence electrons. The molecular formula is C10H21O4P. The Balaban J connectivity index is 4.32. The highest BCUT2D eigenvalue weighted by atomic mass is 31.2. The Morgan fingerprint density at radius 3 is 2.20 bits per heavy atom. The van der Waals surface area contributed by atoms with Crippen LogP contribution in [0.1, 0.15) is 33.6 Å². The second-order valence-corrected chi connectivity index (χ2v) is 4.97. The number of hydrogen-bond donors (Lipinski definition) is 1. The average Bonchev–Trinajstić information content (AvgIpc) is 2.16. The predicted octanol–water partition coefficient (Wildman–Crippen LogP) is 2.93. The van der Waals surface area contributed by atoms with E-state index in [2.05, 4.69) is 0 Å². The van der Waals surface area contributed by atoms with Crippen molar-refractivity contribution in [2.24, 2.45) is 0 Å². The number of aliphatic hydroxyl groups is 1. The van der Waals surface area contributed by atoms with Gasteiger partial charge in [-0.15, -0.1) is 0 Å². The summed E-state index contributed by atoms with van der Waals surface area (Å²) in [6.07, 6.45) is 2.42. The third-order valence-electron chi connectivity index (χ3n) is 1.69. The standard InChI is InChI=1S/C10H21O4P/c1-4-7-10(11)8-9-15(12,13-5-2)14-6-3/h8-11H,4-7H2,1-3H3/b9-8+. The number of rotatable bonds is 8. The van der Waals surface area contributed by atoms with Crippen molar-refractivity contribution in [1.29, 1.82) is 0 Å². The van der Waals surface area contributed by atoms with Crippen LogP contribution in [0.2, 0.25) is 0 Å². The van der Waals surface area contributed by atoms with Gasteiger partial charge in [0.1, 0.15) is 0 Å². The first-order chi connectivity index (χ1) is 7.08. The van der Waals surface area contributed by atoms with Gasteiger partial charge in [-0.25, -0.2) is 0 Å². The monoisotopic (exact) mass is 236 g/mol. The van der Waals surface area contributed by atoms with Crippen LogP contribution in [0.4, 0.5) is 0 Å². The first-order valence-electron chi connectivity index (χ1n) is 5.34. The molecule has 0 spiro atoms. The zero-order chi connectivity index (χ0) is 11.7. The van der Waals surface area contributed by atoms with Crippen molar-refractivity contribution in [1.82, 2.24) is 0 Å². The number of hydrogen-bond acceptors (Lipinski definition) is 4. The van der Waals surface area contributed by atoms with Gasteiger partial charge in [0.2, 0.25) is 0 Å². The first kappa shape index (κ1) is 14.8. The van der Waals surface area contributed by atoms with Gasteiger partial charge in [0.05, 0.1) is 19.3 Å². The molecule has 0 heterocycles. The van der Waals surface area contributed by atoms with Crippen LogP contribution >= 0.6 is 7.60 Å². The minimum absolute atomic E-state index is 0.325. The highest BCUT2D eigenvalue weighted by Gasteiger charge is 2.19.